The topological polar surface area (TPSA) is 89.8 Å². The van der Waals surface area contributed by atoms with Crippen LogP contribution in [0.3, 0.4) is 0 Å². The van der Waals surface area contributed by atoms with Crippen molar-refractivity contribution in [1.29, 1.82) is 0 Å². The van der Waals surface area contributed by atoms with Gasteiger partial charge in [0.15, 0.2) is 0 Å². The quantitative estimate of drug-likeness (QED) is 0.558. The van der Waals surface area contributed by atoms with Crippen LogP contribution in [0.15, 0.2) is 53.4 Å². The highest BCUT2D eigenvalue weighted by Crippen LogP contribution is 2.27. The molecule has 0 bridgehead atoms. The highest BCUT2D eigenvalue weighted by atomic mass is 32.2. The van der Waals surface area contributed by atoms with Gasteiger partial charge in [-0.25, -0.2) is 8.42 Å². The first-order valence-corrected chi connectivity index (χ1v) is 10.2. The van der Waals surface area contributed by atoms with Crippen molar-refractivity contribution in [2.75, 3.05) is 13.1 Å². The third-order valence-electron chi connectivity index (χ3n) is 4.72. The molecule has 2 aromatic carbocycles. The van der Waals surface area contributed by atoms with Gasteiger partial charge in [0, 0.05) is 25.2 Å². The van der Waals surface area contributed by atoms with Crippen molar-refractivity contribution >= 4 is 15.7 Å². The fourth-order valence-electron chi connectivity index (χ4n) is 3.20. The number of piperidine rings is 1. The molecule has 3 rings (SSSR count). The first kappa shape index (κ1) is 19.5. The molecular weight excluding hydrogens is 368 g/mol. The molecule has 144 valence electrons. The first-order valence-electron chi connectivity index (χ1n) is 8.78. The standard InChI is InChI=1S/C19H22N2O5S/c1-15-13-17(21(22)23)7-8-19(15)27(24,25)20-11-9-18(10-12-20)26-14-16-5-3-2-4-6-16/h2-8,13,18H,9-12,14H2,1H3. The van der Waals surface area contributed by atoms with E-state index < -0.39 is 14.9 Å². The zero-order chi connectivity index (χ0) is 19.4. The number of aryl methyl sites for hydroxylation is 1. The summed E-state index contributed by atoms with van der Waals surface area (Å²) < 4.78 is 33.1. The Kier molecular flexibility index (Phi) is 5.88. The van der Waals surface area contributed by atoms with Crippen LogP contribution >= 0.6 is 0 Å². The summed E-state index contributed by atoms with van der Waals surface area (Å²) in [5.74, 6) is 0. The molecule has 1 saturated heterocycles. The summed E-state index contributed by atoms with van der Waals surface area (Å²) in [6.07, 6.45) is 1.27. The molecule has 1 fully saturated rings. The van der Waals surface area contributed by atoms with Gasteiger partial charge in [-0.1, -0.05) is 30.3 Å². The molecule has 1 heterocycles. The number of rotatable bonds is 6. The smallest absolute Gasteiger partial charge is 0.269 e. The predicted octanol–water partition coefficient (Wildman–Crippen LogP) is 3.27. The Morgan fingerprint density at radius 1 is 1.15 bits per heavy atom. The van der Waals surface area contributed by atoms with Crippen molar-refractivity contribution in [1.82, 2.24) is 4.31 Å². The Bertz CT molecular complexity index is 907. The number of ether oxygens (including phenoxy) is 1. The Morgan fingerprint density at radius 2 is 1.81 bits per heavy atom. The number of non-ortho nitro benzene ring substituents is 1. The number of hydrogen-bond donors (Lipinski definition) is 0. The molecule has 0 aromatic heterocycles. The average molecular weight is 390 g/mol. The van der Waals surface area contributed by atoms with Crippen LogP contribution in [-0.4, -0.2) is 36.8 Å². The van der Waals surface area contributed by atoms with E-state index in [2.05, 4.69) is 0 Å². The van der Waals surface area contributed by atoms with E-state index in [1.807, 2.05) is 30.3 Å². The maximum atomic E-state index is 12.9. The van der Waals surface area contributed by atoms with Crippen molar-refractivity contribution in [3.8, 4) is 0 Å². The lowest BCUT2D eigenvalue weighted by Gasteiger charge is -2.31. The van der Waals surface area contributed by atoms with Gasteiger partial charge in [0.25, 0.3) is 5.69 Å². The Labute approximate surface area is 158 Å². The van der Waals surface area contributed by atoms with Crippen molar-refractivity contribution < 1.29 is 18.1 Å². The second kappa shape index (κ2) is 8.16. The highest BCUT2D eigenvalue weighted by molar-refractivity contribution is 7.89. The molecule has 0 spiro atoms. The van der Waals surface area contributed by atoms with Crippen LogP contribution in [0.2, 0.25) is 0 Å². The molecule has 1 aliphatic heterocycles. The van der Waals surface area contributed by atoms with Gasteiger partial charge in [0.2, 0.25) is 10.0 Å². The fraction of sp³-hybridized carbons (Fsp3) is 0.368. The normalized spacial score (nSPS) is 16.3. The molecule has 27 heavy (non-hydrogen) atoms. The number of sulfonamides is 1. The number of hydrogen-bond acceptors (Lipinski definition) is 5. The van der Waals surface area contributed by atoms with Crippen LogP contribution in [0.5, 0.6) is 0 Å². The molecule has 1 aliphatic rings. The van der Waals surface area contributed by atoms with E-state index in [9.17, 15) is 18.5 Å². The summed E-state index contributed by atoms with van der Waals surface area (Å²) >= 11 is 0. The third-order valence-corrected chi connectivity index (χ3v) is 6.78. The Hall–Kier alpha value is -2.29. The molecule has 7 nitrogen and oxygen atoms in total. The maximum absolute atomic E-state index is 12.9. The van der Waals surface area contributed by atoms with Gasteiger partial charge in [0.1, 0.15) is 0 Å². The summed E-state index contributed by atoms with van der Waals surface area (Å²) in [6.45, 7) is 2.84. The molecule has 0 radical (unpaired) electrons. The zero-order valence-electron chi connectivity index (χ0n) is 15.1. The molecule has 8 heteroatoms. The summed E-state index contributed by atoms with van der Waals surface area (Å²) in [4.78, 5) is 10.4. The van der Waals surface area contributed by atoms with E-state index in [1.165, 1.54) is 22.5 Å². The molecule has 0 N–H and O–H groups in total. The van der Waals surface area contributed by atoms with E-state index in [0.29, 0.717) is 38.1 Å². The van der Waals surface area contributed by atoms with Crippen molar-refractivity contribution in [2.45, 2.75) is 37.4 Å². The van der Waals surface area contributed by atoms with Gasteiger partial charge in [-0.3, -0.25) is 10.1 Å². The lowest BCUT2D eigenvalue weighted by molar-refractivity contribution is -0.385. The summed E-state index contributed by atoms with van der Waals surface area (Å²) in [6, 6.07) is 13.7. The minimum atomic E-state index is -3.67. The average Bonchev–Trinajstić information content (AvgIpc) is 2.67. The van der Waals surface area contributed by atoms with Crippen LogP contribution in [0.25, 0.3) is 0 Å². The van der Waals surface area contributed by atoms with Gasteiger partial charge in [-0.15, -0.1) is 0 Å². The summed E-state index contributed by atoms with van der Waals surface area (Å²) in [7, 11) is -3.67. The van der Waals surface area contributed by atoms with Crippen molar-refractivity contribution in [2.24, 2.45) is 0 Å². The third kappa shape index (κ3) is 4.52. The van der Waals surface area contributed by atoms with Crippen LogP contribution in [0.1, 0.15) is 24.0 Å². The second-order valence-corrected chi connectivity index (χ2v) is 8.51. The fourth-order valence-corrected chi connectivity index (χ4v) is 4.88. The molecule has 0 amide bonds. The van der Waals surface area contributed by atoms with Crippen molar-refractivity contribution in [3.63, 3.8) is 0 Å². The molecule has 0 unspecified atom stereocenters. The summed E-state index contributed by atoms with van der Waals surface area (Å²) in [5, 5.41) is 10.8. The predicted molar refractivity (Wildman–Crippen MR) is 101 cm³/mol. The van der Waals surface area contributed by atoms with E-state index in [-0.39, 0.29) is 16.7 Å². The monoisotopic (exact) mass is 390 g/mol. The van der Waals surface area contributed by atoms with Crippen LogP contribution in [0, 0.1) is 17.0 Å². The first-order chi connectivity index (χ1) is 12.9. The van der Waals surface area contributed by atoms with E-state index >= 15 is 0 Å². The number of nitro groups is 1. The maximum Gasteiger partial charge on any atom is 0.269 e. The van der Waals surface area contributed by atoms with Crippen LogP contribution in [0.4, 0.5) is 5.69 Å². The van der Waals surface area contributed by atoms with Gasteiger partial charge < -0.3 is 4.74 Å². The lowest BCUT2D eigenvalue weighted by atomic mass is 10.1. The van der Waals surface area contributed by atoms with Crippen LogP contribution < -0.4 is 0 Å². The van der Waals surface area contributed by atoms with E-state index in [4.69, 9.17) is 4.74 Å². The number of nitro benzene ring substituents is 1. The molecular formula is C19H22N2O5S. The SMILES string of the molecule is Cc1cc([N+](=O)[O-])ccc1S(=O)(=O)N1CCC(OCc2ccccc2)CC1. The number of nitrogens with zero attached hydrogens (tertiary/aromatic N) is 2. The Balaban J connectivity index is 1.62. The molecule has 0 saturated carbocycles. The summed E-state index contributed by atoms with van der Waals surface area (Å²) in [5.41, 5.74) is 1.36. The largest absolute Gasteiger partial charge is 0.373 e. The van der Waals surface area contributed by atoms with Gasteiger partial charge >= 0.3 is 0 Å². The molecule has 2 aromatic rings. The minimum Gasteiger partial charge on any atom is -0.373 e. The van der Waals surface area contributed by atoms with Gasteiger partial charge in [-0.2, -0.15) is 4.31 Å². The zero-order valence-corrected chi connectivity index (χ0v) is 15.9. The van der Waals surface area contributed by atoms with E-state index in [0.717, 1.165) is 5.56 Å². The van der Waals surface area contributed by atoms with Gasteiger partial charge in [-0.05, 0) is 37.0 Å². The molecule has 0 atom stereocenters. The number of benzene rings is 2. The minimum absolute atomic E-state index is 0.0228. The van der Waals surface area contributed by atoms with E-state index in [1.54, 1.807) is 6.92 Å². The van der Waals surface area contributed by atoms with Gasteiger partial charge in [0.05, 0.1) is 22.5 Å². The lowest BCUT2D eigenvalue weighted by Crippen LogP contribution is -2.41. The second-order valence-electron chi connectivity index (χ2n) is 6.61. The van der Waals surface area contributed by atoms with Crippen LogP contribution in [-0.2, 0) is 21.4 Å². The molecule has 0 aliphatic carbocycles. The Morgan fingerprint density at radius 3 is 2.41 bits per heavy atom. The highest BCUT2D eigenvalue weighted by Gasteiger charge is 2.31. The van der Waals surface area contributed by atoms with Crippen molar-refractivity contribution in [3.05, 3.63) is 69.8 Å².